The Morgan fingerprint density at radius 1 is 1.19 bits per heavy atom. The minimum atomic E-state index is -0.972. The molecule has 0 radical (unpaired) electrons. The van der Waals surface area contributed by atoms with Crippen molar-refractivity contribution in [3.05, 3.63) is 30.3 Å². The lowest BCUT2D eigenvalue weighted by molar-refractivity contribution is -0.138. The fourth-order valence-electron chi connectivity index (χ4n) is 4.62. The van der Waals surface area contributed by atoms with Gasteiger partial charge >= 0.3 is 5.97 Å². The van der Waals surface area contributed by atoms with Gasteiger partial charge in [-0.3, -0.25) is 9.80 Å². The first-order chi connectivity index (χ1) is 13.0. The lowest BCUT2D eigenvalue weighted by atomic mass is 9.74. The standard InChI is InChI=1S/C20H25N3O4/c1-14-20(8-11-27-12-9-20)7-10-22(14)18(24)16-13-17(19(25)26)23(21-16)15-5-3-2-4-6-15/h2-6,14,17H,7-13H2,1H3,(H,25,26). The maximum absolute atomic E-state index is 13.2. The number of rotatable bonds is 3. The van der Waals surface area contributed by atoms with E-state index in [1.54, 1.807) is 0 Å². The summed E-state index contributed by atoms with van der Waals surface area (Å²) in [5.41, 5.74) is 1.14. The van der Waals surface area contributed by atoms with Crippen LogP contribution in [0.3, 0.4) is 0 Å². The zero-order chi connectivity index (χ0) is 19.0. The van der Waals surface area contributed by atoms with Gasteiger partial charge in [-0.1, -0.05) is 18.2 Å². The lowest BCUT2D eigenvalue weighted by Gasteiger charge is -2.38. The molecule has 3 aliphatic rings. The predicted molar refractivity (Wildman–Crippen MR) is 101 cm³/mol. The molecule has 3 aliphatic heterocycles. The molecule has 0 aromatic heterocycles. The number of para-hydroxylation sites is 1. The fourth-order valence-corrected chi connectivity index (χ4v) is 4.62. The molecular formula is C20H25N3O4. The number of carboxylic acids is 1. The second-order valence-electron chi connectivity index (χ2n) is 7.68. The van der Waals surface area contributed by atoms with Crippen molar-refractivity contribution in [1.29, 1.82) is 0 Å². The van der Waals surface area contributed by atoms with E-state index in [0.717, 1.165) is 32.5 Å². The molecule has 0 aliphatic carbocycles. The van der Waals surface area contributed by atoms with Gasteiger partial charge in [-0.05, 0) is 43.7 Å². The molecule has 1 amide bonds. The van der Waals surface area contributed by atoms with E-state index in [4.69, 9.17) is 4.74 Å². The van der Waals surface area contributed by atoms with Crippen LogP contribution in [0.15, 0.2) is 35.4 Å². The van der Waals surface area contributed by atoms with E-state index in [1.165, 1.54) is 5.01 Å². The first-order valence-electron chi connectivity index (χ1n) is 9.55. The molecule has 0 saturated carbocycles. The number of ether oxygens (including phenoxy) is 1. The lowest BCUT2D eigenvalue weighted by Crippen LogP contribution is -2.45. The SMILES string of the molecule is CC1N(C(=O)C2=NN(c3ccccc3)C(C(=O)O)C2)CCC12CCOCC2. The monoisotopic (exact) mass is 371 g/mol. The Bertz CT molecular complexity index is 758. The number of anilines is 1. The minimum absolute atomic E-state index is 0.116. The Hall–Kier alpha value is -2.41. The maximum atomic E-state index is 13.2. The van der Waals surface area contributed by atoms with Crippen LogP contribution in [0.4, 0.5) is 5.69 Å². The predicted octanol–water partition coefficient (Wildman–Crippen LogP) is 2.12. The fraction of sp³-hybridized carbons (Fsp3) is 0.550. The summed E-state index contributed by atoms with van der Waals surface area (Å²) < 4.78 is 5.50. The molecule has 2 unspecified atom stereocenters. The summed E-state index contributed by atoms with van der Waals surface area (Å²) in [6.07, 6.45) is 3.04. The number of benzene rings is 1. The number of aliphatic carboxylic acids is 1. The van der Waals surface area contributed by atoms with Crippen molar-refractivity contribution in [2.24, 2.45) is 10.5 Å². The number of carboxylic acid groups (broad SMARTS) is 1. The number of amides is 1. The molecule has 7 heteroatoms. The van der Waals surface area contributed by atoms with Gasteiger partial charge in [-0.15, -0.1) is 0 Å². The van der Waals surface area contributed by atoms with Crippen molar-refractivity contribution in [3.8, 4) is 0 Å². The third kappa shape index (κ3) is 3.10. The van der Waals surface area contributed by atoms with E-state index < -0.39 is 12.0 Å². The van der Waals surface area contributed by atoms with Crippen LogP contribution in [0, 0.1) is 5.41 Å². The highest BCUT2D eigenvalue weighted by Crippen LogP contribution is 2.45. The van der Waals surface area contributed by atoms with Crippen LogP contribution < -0.4 is 5.01 Å². The molecule has 1 aromatic rings. The number of carbonyl (C=O) groups is 2. The second-order valence-corrected chi connectivity index (χ2v) is 7.68. The van der Waals surface area contributed by atoms with Crippen molar-refractivity contribution < 1.29 is 19.4 Å². The Morgan fingerprint density at radius 2 is 1.89 bits per heavy atom. The molecule has 27 heavy (non-hydrogen) atoms. The summed E-state index contributed by atoms with van der Waals surface area (Å²) in [6.45, 7) is 4.30. The number of hydrogen-bond donors (Lipinski definition) is 1. The van der Waals surface area contributed by atoms with Crippen LogP contribution in [0.2, 0.25) is 0 Å². The van der Waals surface area contributed by atoms with Gasteiger partial charge in [0, 0.05) is 32.2 Å². The molecule has 144 valence electrons. The molecular weight excluding hydrogens is 346 g/mol. The summed E-state index contributed by atoms with van der Waals surface area (Å²) >= 11 is 0. The van der Waals surface area contributed by atoms with Crippen molar-refractivity contribution in [2.75, 3.05) is 24.8 Å². The smallest absolute Gasteiger partial charge is 0.328 e. The zero-order valence-electron chi connectivity index (χ0n) is 15.5. The van der Waals surface area contributed by atoms with E-state index in [0.29, 0.717) is 17.9 Å². The third-order valence-corrected chi connectivity index (χ3v) is 6.42. The van der Waals surface area contributed by atoms with E-state index >= 15 is 0 Å². The van der Waals surface area contributed by atoms with Gasteiger partial charge in [0.15, 0.2) is 6.04 Å². The van der Waals surface area contributed by atoms with E-state index in [2.05, 4.69) is 12.0 Å². The number of hydrazone groups is 1. The topological polar surface area (TPSA) is 82.4 Å². The molecule has 2 atom stereocenters. The van der Waals surface area contributed by atoms with Crippen LogP contribution in [0.5, 0.6) is 0 Å². The Balaban J connectivity index is 1.56. The number of carbonyl (C=O) groups excluding carboxylic acids is 1. The van der Waals surface area contributed by atoms with Crippen LogP contribution in [-0.2, 0) is 14.3 Å². The van der Waals surface area contributed by atoms with Gasteiger partial charge in [-0.2, -0.15) is 5.10 Å². The van der Waals surface area contributed by atoms with Crippen LogP contribution in [0.25, 0.3) is 0 Å². The Morgan fingerprint density at radius 3 is 2.56 bits per heavy atom. The summed E-state index contributed by atoms with van der Waals surface area (Å²) in [7, 11) is 0. The van der Waals surface area contributed by atoms with E-state index in [1.807, 2.05) is 35.2 Å². The van der Waals surface area contributed by atoms with Gasteiger partial charge in [-0.25, -0.2) is 4.79 Å². The van der Waals surface area contributed by atoms with Crippen LogP contribution >= 0.6 is 0 Å². The van der Waals surface area contributed by atoms with E-state index in [-0.39, 0.29) is 23.8 Å². The Kier molecular flexibility index (Phi) is 4.63. The van der Waals surface area contributed by atoms with Crippen LogP contribution in [-0.4, -0.2) is 59.4 Å². The van der Waals surface area contributed by atoms with Crippen molar-refractivity contribution in [2.45, 2.75) is 44.7 Å². The largest absolute Gasteiger partial charge is 0.480 e. The number of nitrogens with zero attached hydrogens (tertiary/aromatic N) is 3. The van der Waals surface area contributed by atoms with Gasteiger partial charge < -0.3 is 14.7 Å². The molecule has 2 fully saturated rings. The van der Waals surface area contributed by atoms with E-state index in [9.17, 15) is 14.7 Å². The maximum Gasteiger partial charge on any atom is 0.328 e. The molecule has 2 saturated heterocycles. The van der Waals surface area contributed by atoms with Crippen molar-refractivity contribution in [3.63, 3.8) is 0 Å². The minimum Gasteiger partial charge on any atom is -0.480 e. The molecule has 0 bridgehead atoms. The Labute approximate surface area is 158 Å². The zero-order valence-corrected chi connectivity index (χ0v) is 15.5. The third-order valence-electron chi connectivity index (χ3n) is 6.42. The molecule has 7 nitrogen and oxygen atoms in total. The average Bonchev–Trinajstić information content (AvgIpc) is 3.26. The van der Waals surface area contributed by atoms with Gasteiger partial charge in [0.2, 0.25) is 0 Å². The van der Waals surface area contributed by atoms with Gasteiger partial charge in [0.25, 0.3) is 5.91 Å². The molecule has 4 rings (SSSR count). The summed E-state index contributed by atoms with van der Waals surface area (Å²) in [5, 5.41) is 15.5. The second kappa shape index (κ2) is 6.96. The molecule has 1 spiro atoms. The highest BCUT2D eigenvalue weighted by molar-refractivity contribution is 6.40. The normalized spacial score (nSPS) is 27.1. The summed E-state index contributed by atoms with van der Waals surface area (Å²) in [5.74, 6) is -1.10. The molecule has 1 aromatic carbocycles. The van der Waals surface area contributed by atoms with Crippen molar-refractivity contribution >= 4 is 23.3 Å². The molecule has 3 heterocycles. The quantitative estimate of drug-likeness (QED) is 0.880. The van der Waals surface area contributed by atoms with Crippen molar-refractivity contribution in [1.82, 2.24) is 4.90 Å². The van der Waals surface area contributed by atoms with Crippen LogP contribution in [0.1, 0.15) is 32.6 Å². The highest BCUT2D eigenvalue weighted by atomic mass is 16.5. The first-order valence-corrected chi connectivity index (χ1v) is 9.55. The first kappa shape index (κ1) is 18.0. The molecule has 1 N–H and O–H groups in total. The van der Waals surface area contributed by atoms with Gasteiger partial charge in [0.05, 0.1) is 5.69 Å². The summed E-state index contributed by atoms with van der Waals surface area (Å²) in [4.78, 5) is 26.8. The summed E-state index contributed by atoms with van der Waals surface area (Å²) in [6, 6.07) is 8.42. The number of hydrogen-bond acceptors (Lipinski definition) is 5. The highest BCUT2D eigenvalue weighted by Gasteiger charge is 2.49. The number of likely N-dealkylation sites (tertiary alicyclic amines) is 1. The average molecular weight is 371 g/mol. The van der Waals surface area contributed by atoms with Gasteiger partial charge in [0.1, 0.15) is 5.71 Å².